The number of carbonyl (C=O) groups is 1. The van der Waals surface area contributed by atoms with E-state index in [9.17, 15) is 4.79 Å². The molecule has 1 N–H and O–H groups in total. The van der Waals surface area contributed by atoms with Crippen molar-refractivity contribution < 1.29 is 9.53 Å². The standard InChI is InChI=1S/C19H20N6O2/c26-18(12-24-8-9-27-17-6-2-1-4-16(17)11-24)22-10-15-5-3-7-21-19(15)25-14-20-13-23-25/h1-7,13-14H,8-12H2,(H,22,26). The Labute approximate surface area is 156 Å². The molecular weight excluding hydrogens is 344 g/mol. The zero-order valence-electron chi connectivity index (χ0n) is 14.8. The minimum atomic E-state index is -0.0391. The molecule has 1 aromatic carbocycles. The summed E-state index contributed by atoms with van der Waals surface area (Å²) in [4.78, 5) is 22.8. The Morgan fingerprint density at radius 1 is 1.22 bits per heavy atom. The van der Waals surface area contributed by atoms with Crippen LogP contribution in [0.15, 0.2) is 55.2 Å². The van der Waals surface area contributed by atoms with Gasteiger partial charge in [0.15, 0.2) is 5.82 Å². The topological polar surface area (TPSA) is 85.2 Å². The average molecular weight is 364 g/mol. The lowest BCUT2D eigenvalue weighted by atomic mass is 10.2. The number of rotatable bonds is 5. The number of nitrogens with one attached hydrogen (secondary N) is 1. The lowest BCUT2D eigenvalue weighted by Gasteiger charge is -2.19. The van der Waals surface area contributed by atoms with Gasteiger partial charge in [-0.05, 0) is 12.1 Å². The van der Waals surface area contributed by atoms with Crippen LogP contribution in [-0.2, 0) is 17.9 Å². The summed E-state index contributed by atoms with van der Waals surface area (Å²) in [6.45, 7) is 2.67. The fourth-order valence-electron chi connectivity index (χ4n) is 3.06. The fourth-order valence-corrected chi connectivity index (χ4v) is 3.06. The maximum absolute atomic E-state index is 12.5. The molecule has 1 aliphatic heterocycles. The van der Waals surface area contributed by atoms with Crippen LogP contribution >= 0.6 is 0 Å². The van der Waals surface area contributed by atoms with Gasteiger partial charge in [-0.3, -0.25) is 9.69 Å². The maximum atomic E-state index is 12.5. The van der Waals surface area contributed by atoms with Gasteiger partial charge in [0, 0.05) is 37.0 Å². The molecule has 1 amide bonds. The summed E-state index contributed by atoms with van der Waals surface area (Å²) in [5, 5.41) is 7.08. The number of fused-ring (bicyclic) bond motifs is 1. The zero-order chi connectivity index (χ0) is 18.5. The van der Waals surface area contributed by atoms with E-state index in [1.807, 2.05) is 36.4 Å². The van der Waals surface area contributed by atoms with Crippen LogP contribution in [-0.4, -0.2) is 50.3 Å². The number of hydrogen-bond donors (Lipinski definition) is 1. The summed E-state index contributed by atoms with van der Waals surface area (Å²) in [5.74, 6) is 1.52. The molecule has 0 spiro atoms. The molecule has 2 aromatic heterocycles. The third-order valence-corrected chi connectivity index (χ3v) is 4.38. The van der Waals surface area contributed by atoms with Crippen LogP contribution in [0.25, 0.3) is 5.82 Å². The molecular formula is C19H20N6O2. The number of para-hydroxylation sites is 1. The molecule has 27 heavy (non-hydrogen) atoms. The van der Waals surface area contributed by atoms with Crippen LogP contribution in [0, 0.1) is 0 Å². The number of amides is 1. The number of ether oxygens (including phenoxy) is 1. The van der Waals surface area contributed by atoms with Crippen molar-refractivity contribution in [2.45, 2.75) is 13.1 Å². The predicted octanol–water partition coefficient (Wildman–Crippen LogP) is 1.17. The van der Waals surface area contributed by atoms with Gasteiger partial charge in [-0.15, -0.1) is 0 Å². The molecule has 4 rings (SSSR count). The second-order valence-electron chi connectivity index (χ2n) is 6.27. The lowest BCUT2D eigenvalue weighted by Crippen LogP contribution is -2.37. The van der Waals surface area contributed by atoms with Crippen LogP contribution in [0.3, 0.4) is 0 Å². The van der Waals surface area contributed by atoms with Gasteiger partial charge in [0.05, 0.1) is 6.54 Å². The normalized spacial score (nSPS) is 14.1. The number of hydrogen-bond acceptors (Lipinski definition) is 6. The van der Waals surface area contributed by atoms with E-state index in [1.54, 1.807) is 17.2 Å². The first-order valence-electron chi connectivity index (χ1n) is 8.78. The highest BCUT2D eigenvalue weighted by molar-refractivity contribution is 5.78. The highest BCUT2D eigenvalue weighted by Gasteiger charge is 2.17. The average Bonchev–Trinajstić information content (AvgIpc) is 3.15. The zero-order valence-corrected chi connectivity index (χ0v) is 14.8. The molecule has 8 heteroatoms. The molecule has 138 valence electrons. The molecule has 0 radical (unpaired) electrons. The van der Waals surface area contributed by atoms with E-state index in [0.29, 0.717) is 38.6 Å². The minimum absolute atomic E-state index is 0.0391. The lowest BCUT2D eigenvalue weighted by molar-refractivity contribution is -0.122. The Balaban J connectivity index is 1.37. The van der Waals surface area contributed by atoms with Crippen LogP contribution in [0.2, 0.25) is 0 Å². The fraction of sp³-hybridized carbons (Fsp3) is 0.263. The molecule has 0 bridgehead atoms. The van der Waals surface area contributed by atoms with Crippen molar-refractivity contribution in [3.8, 4) is 11.6 Å². The predicted molar refractivity (Wildman–Crippen MR) is 98.2 cm³/mol. The number of benzene rings is 1. The molecule has 3 heterocycles. The number of aromatic nitrogens is 4. The Morgan fingerprint density at radius 3 is 3.04 bits per heavy atom. The van der Waals surface area contributed by atoms with Gasteiger partial charge in [0.25, 0.3) is 0 Å². The summed E-state index contributed by atoms with van der Waals surface area (Å²) in [6, 6.07) is 11.7. The minimum Gasteiger partial charge on any atom is -0.492 e. The Kier molecular flexibility index (Phi) is 5.06. The second kappa shape index (κ2) is 7.96. The molecule has 0 saturated carbocycles. The van der Waals surface area contributed by atoms with Crippen molar-refractivity contribution in [2.75, 3.05) is 19.7 Å². The molecule has 0 atom stereocenters. The smallest absolute Gasteiger partial charge is 0.234 e. The van der Waals surface area contributed by atoms with Crippen LogP contribution in [0.4, 0.5) is 0 Å². The highest BCUT2D eigenvalue weighted by Crippen LogP contribution is 2.22. The van der Waals surface area contributed by atoms with Crippen LogP contribution < -0.4 is 10.1 Å². The first kappa shape index (κ1) is 17.2. The third kappa shape index (κ3) is 4.12. The Bertz CT molecular complexity index is 912. The second-order valence-corrected chi connectivity index (χ2v) is 6.27. The van der Waals surface area contributed by atoms with E-state index in [4.69, 9.17) is 4.74 Å². The molecule has 0 saturated heterocycles. The summed E-state index contributed by atoms with van der Waals surface area (Å²) in [6.07, 6.45) is 4.73. The van der Waals surface area contributed by atoms with Crippen molar-refractivity contribution in [3.05, 3.63) is 66.4 Å². The van der Waals surface area contributed by atoms with E-state index in [-0.39, 0.29) is 5.91 Å². The van der Waals surface area contributed by atoms with E-state index < -0.39 is 0 Å². The number of nitrogens with zero attached hydrogens (tertiary/aromatic N) is 5. The maximum Gasteiger partial charge on any atom is 0.234 e. The summed E-state index contributed by atoms with van der Waals surface area (Å²) in [5.41, 5.74) is 1.98. The SMILES string of the molecule is O=C(CN1CCOc2ccccc2C1)NCc1cccnc1-n1cncn1. The number of carbonyl (C=O) groups excluding carboxylic acids is 1. The first-order chi connectivity index (χ1) is 13.3. The Hall–Kier alpha value is -3.26. The van der Waals surface area contributed by atoms with E-state index in [2.05, 4.69) is 25.3 Å². The molecule has 3 aromatic rings. The van der Waals surface area contributed by atoms with E-state index in [1.165, 1.54) is 6.33 Å². The van der Waals surface area contributed by atoms with Gasteiger partial charge in [-0.2, -0.15) is 5.10 Å². The van der Waals surface area contributed by atoms with Gasteiger partial charge >= 0.3 is 0 Å². The van der Waals surface area contributed by atoms with Crippen molar-refractivity contribution in [2.24, 2.45) is 0 Å². The largest absolute Gasteiger partial charge is 0.492 e. The van der Waals surface area contributed by atoms with Crippen LogP contribution in [0.1, 0.15) is 11.1 Å². The summed E-state index contributed by atoms with van der Waals surface area (Å²) < 4.78 is 7.34. The summed E-state index contributed by atoms with van der Waals surface area (Å²) >= 11 is 0. The third-order valence-electron chi connectivity index (χ3n) is 4.38. The monoisotopic (exact) mass is 364 g/mol. The van der Waals surface area contributed by atoms with E-state index >= 15 is 0 Å². The van der Waals surface area contributed by atoms with Gasteiger partial charge in [0.1, 0.15) is 25.0 Å². The van der Waals surface area contributed by atoms with Gasteiger partial charge < -0.3 is 10.1 Å². The van der Waals surface area contributed by atoms with Gasteiger partial charge in [0.2, 0.25) is 5.91 Å². The van der Waals surface area contributed by atoms with Gasteiger partial charge in [-0.1, -0.05) is 24.3 Å². The van der Waals surface area contributed by atoms with Crippen molar-refractivity contribution in [1.82, 2.24) is 30.0 Å². The van der Waals surface area contributed by atoms with Crippen LogP contribution in [0.5, 0.6) is 5.75 Å². The van der Waals surface area contributed by atoms with Crippen molar-refractivity contribution in [1.29, 1.82) is 0 Å². The molecule has 0 unspecified atom stereocenters. The molecule has 0 fully saturated rings. The van der Waals surface area contributed by atoms with Crippen molar-refractivity contribution in [3.63, 3.8) is 0 Å². The molecule has 1 aliphatic rings. The quantitative estimate of drug-likeness (QED) is 0.732. The van der Waals surface area contributed by atoms with Crippen molar-refractivity contribution >= 4 is 5.91 Å². The first-order valence-corrected chi connectivity index (χ1v) is 8.78. The highest BCUT2D eigenvalue weighted by atomic mass is 16.5. The molecule has 8 nitrogen and oxygen atoms in total. The number of pyridine rings is 1. The van der Waals surface area contributed by atoms with Gasteiger partial charge in [-0.25, -0.2) is 14.6 Å². The summed E-state index contributed by atoms with van der Waals surface area (Å²) in [7, 11) is 0. The van der Waals surface area contributed by atoms with E-state index in [0.717, 1.165) is 16.9 Å². The Morgan fingerprint density at radius 2 is 2.15 bits per heavy atom. The molecule has 0 aliphatic carbocycles.